The van der Waals surface area contributed by atoms with Gasteiger partial charge in [0.1, 0.15) is 11.5 Å². The van der Waals surface area contributed by atoms with Crippen molar-refractivity contribution in [1.29, 1.82) is 0 Å². The molecule has 31 heavy (non-hydrogen) atoms. The summed E-state index contributed by atoms with van der Waals surface area (Å²) in [6.45, 7) is 14.4. The molecule has 4 nitrogen and oxygen atoms in total. The fourth-order valence-electron chi connectivity index (χ4n) is 2.31. The molecule has 2 aromatic carbocycles. The molecular formula is C26H36BN2O2. The molecular weight excluding hydrogens is 383 g/mol. The van der Waals surface area contributed by atoms with Crippen LogP contribution in [0.25, 0.3) is 0 Å². The van der Waals surface area contributed by atoms with Crippen LogP contribution in [0, 0.1) is 6.92 Å². The van der Waals surface area contributed by atoms with Crippen molar-refractivity contribution < 1.29 is 9.53 Å². The highest BCUT2D eigenvalue weighted by atomic mass is 16.5. The van der Waals surface area contributed by atoms with E-state index in [1.165, 1.54) is 0 Å². The Balaban J connectivity index is 0. The summed E-state index contributed by atoms with van der Waals surface area (Å²) in [4.78, 5) is 16.2. The third-order valence-electron chi connectivity index (χ3n) is 3.49. The quantitative estimate of drug-likeness (QED) is 0.462. The van der Waals surface area contributed by atoms with E-state index in [4.69, 9.17) is 4.74 Å². The van der Waals surface area contributed by atoms with E-state index in [0.29, 0.717) is 12.1 Å². The van der Waals surface area contributed by atoms with Crippen LogP contribution in [0.5, 0.6) is 11.5 Å². The Kier molecular flexibility index (Phi) is 18.4. The van der Waals surface area contributed by atoms with Gasteiger partial charge in [0.2, 0.25) is 0 Å². The number of pyridine rings is 1. The molecule has 0 aliphatic carbocycles. The average Bonchev–Trinajstić information content (AvgIpc) is 2.82. The van der Waals surface area contributed by atoms with Crippen LogP contribution in [0.15, 0.2) is 72.9 Å². The highest BCUT2D eigenvalue weighted by molar-refractivity contribution is 5.94. The molecule has 0 bridgehead atoms. The molecule has 1 aromatic heterocycles. The first-order chi connectivity index (χ1) is 14.7. The zero-order chi connectivity index (χ0) is 22.8. The third-order valence-corrected chi connectivity index (χ3v) is 3.49. The van der Waals surface area contributed by atoms with Gasteiger partial charge >= 0.3 is 0 Å². The fourth-order valence-corrected chi connectivity index (χ4v) is 2.31. The van der Waals surface area contributed by atoms with Gasteiger partial charge in [-0.25, -0.2) is 0 Å². The van der Waals surface area contributed by atoms with Crippen molar-refractivity contribution in [1.82, 2.24) is 10.3 Å². The second kappa shape index (κ2) is 18.9. The highest BCUT2D eigenvalue weighted by Gasteiger charge is 2.05. The molecule has 1 N–H and O–H groups in total. The SMILES string of the molecule is CC.CC.CC.Cc1cc(Oc2cccc(CNC(=O)c3ccccc3)c2)ccn1.[B]. The topological polar surface area (TPSA) is 51.2 Å². The molecule has 0 unspecified atom stereocenters. The first-order valence-electron chi connectivity index (χ1n) is 10.7. The third kappa shape index (κ3) is 11.6. The summed E-state index contributed by atoms with van der Waals surface area (Å²) in [5, 5.41) is 2.91. The molecule has 0 fully saturated rings. The highest BCUT2D eigenvalue weighted by Crippen LogP contribution is 2.22. The molecule has 0 aliphatic rings. The zero-order valence-corrected chi connectivity index (χ0v) is 20.0. The number of nitrogens with one attached hydrogen (secondary N) is 1. The van der Waals surface area contributed by atoms with Gasteiger partial charge in [-0.2, -0.15) is 0 Å². The lowest BCUT2D eigenvalue weighted by molar-refractivity contribution is 0.0951. The summed E-state index contributed by atoms with van der Waals surface area (Å²) in [7, 11) is 0. The van der Waals surface area contributed by atoms with Crippen molar-refractivity contribution in [2.45, 2.75) is 55.0 Å². The Morgan fingerprint density at radius 3 is 2.06 bits per heavy atom. The van der Waals surface area contributed by atoms with Gasteiger partial charge in [0, 0.05) is 38.5 Å². The summed E-state index contributed by atoms with van der Waals surface area (Å²) in [5.74, 6) is 1.38. The number of hydrogen-bond donors (Lipinski definition) is 1. The van der Waals surface area contributed by atoms with Crippen LogP contribution in [0.3, 0.4) is 0 Å². The van der Waals surface area contributed by atoms with Crippen LogP contribution in [0.1, 0.15) is 63.2 Å². The van der Waals surface area contributed by atoms with Gasteiger partial charge < -0.3 is 10.1 Å². The lowest BCUT2D eigenvalue weighted by Crippen LogP contribution is -2.22. The van der Waals surface area contributed by atoms with Crippen LogP contribution in [-0.2, 0) is 6.54 Å². The molecule has 3 radical (unpaired) electrons. The first-order valence-corrected chi connectivity index (χ1v) is 10.7. The Hall–Kier alpha value is -3.08. The molecule has 1 heterocycles. The number of hydrogen-bond acceptors (Lipinski definition) is 3. The maximum atomic E-state index is 12.1. The second-order valence-corrected chi connectivity index (χ2v) is 5.43. The number of ether oxygens (including phenoxy) is 1. The van der Waals surface area contributed by atoms with E-state index in [1.54, 1.807) is 18.3 Å². The molecule has 1 amide bonds. The second-order valence-electron chi connectivity index (χ2n) is 5.43. The Morgan fingerprint density at radius 1 is 0.839 bits per heavy atom. The standard InChI is InChI=1S/C20H18N2O2.3C2H6.B/c1-15-12-19(10-11-21-15)24-18-9-5-6-16(13-18)14-22-20(23)17-7-3-2-4-8-17;3*1-2;/h2-13H,14H2,1H3,(H,22,23);3*1-2H3;. The Bertz CT molecular complexity index is 840. The van der Waals surface area contributed by atoms with Crippen molar-refractivity contribution in [2.75, 3.05) is 0 Å². The van der Waals surface area contributed by atoms with E-state index < -0.39 is 0 Å². The summed E-state index contributed by atoms with van der Waals surface area (Å²) >= 11 is 0. The number of amides is 1. The number of aryl methyl sites for hydroxylation is 1. The van der Waals surface area contributed by atoms with Crippen LogP contribution in [-0.4, -0.2) is 19.3 Å². The number of aromatic nitrogens is 1. The van der Waals surface area contributed by atoms with Crippen LogP contribution >= 0.6 is 0 Å². The summed E-state index contributed by atoms with van der Waals surface area (Å²) in [6, 6.07) is 20.5. The largest absolute Gasteiger partial charge is 0.457 e. The monoisotopic (exact) mass is 419 g/mol. The van der Waals surface area contributed by atoms with Crippen molar-refractivity contribution in [3.8, 4) is 11.5 Å². The predicted octanol–water partition coefficient (Wildman–Crippen LogP) is 6.81. The van der Waals surface area contributed by atoms with E-state index in [1.807, 2.05) is 103 Å². The van der Waals surface area contributed by atoms with Gasteiger partial charge in [-0.05, 0) is 42.8 Å². The van der Waals surface area contributed by atoms with Gasteiger partial charge in [-0.1, -0.05) is 71.9 Å². The van der Waals surface area contributed by atoms with E-state index in [0.717, 1.165) is 22.8 Å². The van der Waals surface area contributed by atoms with Crippen LogP contribution in [0.4, 0.5) is 0 Å². The van der Waals surface area contributed by atoms with Gasteiger partial charge in [-0.15, -0.1) is 0 Å². The van der Waals surface area contributed by atoms with E-state index >= 15 is 0 Å². The first kappa shape index (κ1) is 30.1. The molecule has 5 heteroatoms. The minimum Gasteiger partial charge on any atom is -0.457 e. The van der Waals surface area contributed by atoms with Gasteiger partial charge in [-0.3, -0.25) is 9.78 Å². The molecule has 0 saturated heterocycles. The van der Waals surface area contributed by atoms with Crippen molar-refractivity contribution >= 4 is 14.3 Å². The van der Waals surface area contributed by atoms with E-state index in [2.05, 4.69) is 10.3 Å². The minimum absolute atomic E-state index is 0. The number of carbonyl (C=O) groups is 1. The van der Waals surface area contributed by atoms with Crippen molar-refractivity contribution in [3.63, 3.8) is 0 Å². The fraction of sp³-hybridized carbons (Fsp3) is 0.308. The van der Waals surface area contributed by atoms with Gasteiger partial charge in [0.15, 0.2) is 0 Å². The molecule has 0 aliphatic heterocycles. The number of benzene rings is 2. The Labute approximate surface area is 190 Å². The molecule has 0 atom stereocenters. The van der Waals surface area contributed by atoms with E-state index in [9.17, 15) is 4.79 Å². The molecule has 3 rings (SSSR count). The van der Waals surface area contributed by atoms with Crippen molar-refractivity contribution in [2.24, 2.45) is 0 Å². The van der Waals surface area contributed by atoms with Crippen LogP contribution < -0.4 is 10.1 Å². The number of rotatable bonds is 5. The van der Waals surface area contributed by atoms with E-state index in [-0.39, 0.29) is 14.3 Å². The molecule has 165 valence electrons. The summed E-state index contributed by atoms with van der Waals surface area (Å²) < 4.78 is 5.84. The predicted molar refractivity (Wildman–Crippen MR) is 133 cm³/mol. The summed E-state index contributed by atoms with van der Waals surface area (Å²) in [6.07, 6.45) is 1.72. The Morgan fingerprint density at radius 2 is 1.45 bits per heavy atom. The van der Waals surface area contributed by atoms with Crippen molar-refractivity contribution in [3.05, 3.63) is 89.7 Å². The van der Waals surface area contributed by atoms with Crippen LogP contribution in [0.2, 0.25) is 0 Å². The molecule has 0 spiro atoms. The van der Waals surface area contributed by atoms with Gasteiger partial charge in [0.25, 0.3) is 5.91 Å². The normalized spacial score (nSPS) is 8.48. The average molecular weight is 419 g/mol. The number of nitrogens with zero attached hydrogens (tertiary/aromatic N) is 1. The molecule has 3 aromatic rings. The lowest BCUT2D eigenvalue weighted by Gasteiger charge is -2.09. The summed E-state index contributed by atoms with van der Waals surface area (Å²) in [5.41, 5.74) is 2.53. The molecule has 0 saturated carbocycles. The minimum atomic E-state index is -0.0910. The smallest absolute Gasteiger partial charge is 0.251 e. The zero-order valence-electron chi connectivity index (χ0n) is 20.0. The maximum absolute atomic E-state index is 12.1. The number of carbonyl (C=O) groups excluding carboxylic acids is 1. The van der Waals surface area contributed by atoms with Gasteiger partial charge in [0.05, 0.1) is 0 Å². The maximum Gasteiger partial charge on any atom is 0.251 e. The lowest BCUT2D eigenvalue weighted by atomic mass is 10.2.